The highest BCUT2D eigenvalue weighted by molar-refractivity contribution is 5.76. The fourth-order valence-corrected chi connectivity index (χ4v) is 1.41. The number of hydrogen-bond acceptors (Lipinski definition) is 2. The number of amides is 2. The van der Waals surface area contributed by atoms with Crippen LogP contribution in [0.2, 0.25) is 0 Å². The van der Waals surface area contributed by atoms with Crippen LogP contribution in [0.5, 0.6) is 0 Å². The molecule has 2 heterocycles. The minimum atomic E-state index is 0.151. The van der Waals surface area contributed by atoms with E-state index in [9.17, 15) is 4.79 Å². The molecule has 0 radical (unpaired) electrons. The van der Waals surface area contributed by atoms with E-state index in [1.807, 2.05) is 11.9 Å². The molecule has 0 aromatic carbocycles. The first-order valence-corrected chi connectivity index (χ1v) is 3.88. The third-order valence-electron chi connectivity index (χ3n) is 2.31. The molecule has 0 aliphatic carbocycles. The molecule has 0 aromatic rings. The molecule has 2 amide bonds. The highest BCUT2D eigenvalue weighted by atomic mass is 16.5. The molecule has 0 atom stereocenters. The van der Waals surface area contributed by atoms with Crippen LogP contribution in [0.25, 0.3) is 0 Å². The average molecular weight is 156 g/mol. The molecule has 11 heavy (non-hydrogen) atoms. The van der Waals surface area contributed by atoms with Gasteiger partial charge in [-0.25, -0.2) is 4.79 Å². The van der Waals surface area contributed by atoms with Crippen LogP contribution >= 0.6 is 0 Å². The Morgan fingerprint density at radius 2 is 2.18 bits per heavy atom. The lowest BCUT2D eigenvalue weighted by atomic mass is 10.2. The highest BCUT2D eigenvalue weighted by Gasteiger charge is 2.35. The van der Waals surface area contributed by atoms with E-state index >= 15 is 0 Å². The minimum Gasteiger partial charge on any atom is -0.377 e. The number of urea groups is 1. The summed E-state index contributed by atoms with van der Waals surface area (Å²) in [6.07, 6.45) is 0. The Kier molecular flexibility index (Phi) is 1.49. The van der Waals surface area contributed by atoms with Crippen molar-refractivity contribution in [2.75, 3.05) is 33.4 Å². The van der Waals surface area contributed by atoms with E-state index in [0.717, 1.165) is 26.3 Å². The Bertz CT molecular complexity index is 179. The van der Waals surface area contributed by atoms with Gasteiger partial charge in [-0.1, -0.05) is 0 Å². The Balaban J connectivity index is 1.98. The van der Waals surface area contributed by atoms with Gasteiger partial charge in [0, 0.05) is 20.1 Å². The van der Waals surface area contributed by atoms with Crippen LogP contribution in [0.1, 0.15) is 0 Å². The van der Waals surface area contributed by atoms with Gasteiger partial charge in [0.05, 0.1) is 19.3 Å². The molecular formula is C7H12N2O2. The number of likely N-dealkylation sites (N-methyl/N-ethyl adjacent to an activating group) is 1. The van der Waals surface area contributed by atoms with Crippen molar-refractivity contribution < 1.29 is 9.53 Å². The summed E-state index contributed by atoms with van der Waals surface area (Å²) < 4.78 is 5.02. The second-order valence-electron chi connectivity index (χ2n) is 3.09. The van der Waals surface area contributed by atoms with Gasteiger partial charge in [0.25, 0.3) is 0 Å². The Hall–Kier alpha value is -0.770. The number of ether oxygens (including phenoxy) is 1. The smallest absolute Gasteiger partial charge is 0.320 e. The SMILES string of the molecule is CN1CCN(C2COC2)C1=O. The number of carbonyl (C=O) groups excluding carboxylic acids is 1. The molecule has 2 rings (SSSR count). The predicted octanol–water partition coefficient (Wildman–Crippen LogP) is -0.247. The quantitative estimate of drug-likeness (QED) is 0.524. The average Bonchev–Trinajstić information content (AvgIpc) is 2.15. The maximum atomic E-state index is 11.3. The monoisotopic (exact) mass is 156 g/mol. The first kappa shape index (κ1) is 6.91. The third kappa shape index (κ3) is 0.976. The van der Waals surface area contributed by atoms with Gasteiger partial charge in [0.1, 0.15) is 0 Å². The maximum absolute atomic E-state index is 11.3. The Morgan fingerprint density at radius 3 is 2.55 bits per heavy atom. The fourth-order valence-electron chi connectivity index (χ4n) is 1.41. The van der Waals surface area contributed by atoms with Crippen molar-refractivity contribution in [3.63, 3.8) is 0 Å². The van der Waals surface area contributed by atoms with Crippen LogP contribution < -0.4 is 0 Å². The van der Waals surface area contributed by atoms with Crippen molar-refractivity contribution in [3.8, 4) is 0 Å². The molecule has 2 aliphatic heterocycles. The van der Waals surface area contributed by atoms with Crippen molar-refractivity contribution in [3.05, 3.63) is 0 Å². The summed E-state index contributed by atoms with van der Waals surface area (Å²) >= 11 is 0. The van der Waals surface area contributed by atoms with Gasteiger partial charge >= 0.3 is 6.03 Å². The zero-order valence-electron chi connectivity index (χ0n) is 6.62. The summed E-state index contributed by atoms with van der Waals surface area (Å²) in [5, 5.41) is 0. The number of carbonyl (C=O) groups is 1. The van der Waals surface area contributed by atoms with Crippen LogP contribution in [0.4, 0.5) is 4.79 Å². The zero-order valence-corrected chi connectivity index (χ0v) is 6.62. The van der Waals surface area contributed by atoms with Gasteiger partial charge < -0.3 is 14.5 Å². The van der Waals surface area contributed by atoms with Gasteiger partial charge in [-0.2, -0.15) is 0 Å². The van der Waals surface area contributed by atoms with E-state index in [4.69, 9.17) is 4.74 Å². The van der Waals surface area contributed by atoms with Crippen LogP contribution in [0.15, 0.2) is 0 Å². The Morgan fingerprint density at radius 1 is 1.45 bits per heavy atom. The molecule has 2 aliphatic rings. The first-order valence-electron chi connectivity index (χ1n) is 3.88. The van der Waals surface area contributed by atoms with E-state index in [2.05, 4.69) is 0 Å². The van der Waals surface area contributed by atoms with Gasteiger partial charge in [-0.05, 0) is 0 Å². The molecule has 4 heteroatoms. The number of nitrogens with zero attached hydrogens (tertiary/aromatic N) is 2. The predicted molar refractivity (Wildman–Crippen MR) is 39.3 cm³/mol. The lowest BCUT2D eigenvalue weighted by molar-refractivity contribution is -0.0441. The van der Waals surface area contributed by atoms with Crippen LogP contribution in [0.3, 0.4) is 0 Å². The van der Waals surface area contributed by atoms with Crippen LogP contribution in [-0.4, -0.2) is 55.2 Å². The second-order valence-corrected chi connectivity index (χ2v) is 3.09. The molecule has 0 N–H and O–H groups in total. The molecular weight excluding hydrogens is 144 g/mol. The molecule has 2 fully saturated rings. The van der Waals surface area contributed by atoms with E-state index in [-0.39, 0.29) is 6.03 Å². The van der Waals surface area contributed by atoms with E-state index < -0.39 is 0 Å². The number of rotatable bonds is 1. The van der Waals surface area contributed by atoms with Crippen molar-refractivity contribution >= 4 is 6.03 Å². The van der Waals surface area contributed by atoms with Crippen molar-refractivity contribution in [2.45, 2.75) is 6.04 Å². The lowest BCUT2D eigenvalue weighted by Gasteiger charge is -2.33. The molecule has 0 bridgehead atoms. The standard InChI is InChI=1S/C7H12N2O2/c1-8-2-3-9(7(8)10)6-4-11-5-6/h6H,2-5H2,1H3. The lowest BCUT2D eigenvalue weighted by Crippen LogP contribution is -2.50. The molecule has 4 nitrogen and oxygen atoms in total. The topological polar surface area (TPSA) is 32.8 Å². The largest absolute Gasteiger partial charge is 0.377 e. The first-order chi connectivity index (χ1) is 5.29. The van der Waals surface area contributed by atoms with Crippen molar-refractivity contribution in [2.24, 2.45) is 0 Å². The summed E-state index contributed by atoms with van der Waals surface area (Å²) in [7, 11) is 1.84. The van der Waals surface area contributed by atoms with Crippen molar-refractivity contribution in [1.29, 1.82) is 0 Å². The van der Waals surface area contributed by atoms with Gasteiger partial charge in [-0.3, -0.25) is 0 Å². The number of hydrogen-bond donors (Lipinski definition) is 0. The molecule has 2 saturated heterocycles. The van der Waals surface area contributed by atoms with E-state index in [0.29, 0.717) is 6.04 Å². The van der Waals surface area contributed by atoms with E-state index in [1.54, 1.807) is 4.90 Å². The minimum absolute atomic E-state index is 0.151. The molecule has 0 saturated carbocycles. The van der Waals surface area contributed by atoms with Crippen LogP contribution in [-0.2, 0) is 4.74 Å². The highest BCUT2D eigenvalue weighted by Crippen LogP contribution is 2.16. The fraction of sp³-hybridized carbons (Fsp3) is 0.857. The van der Waals surface area contributed by atoms with Gasteiger partial charge in [0.2, 0.25) is 0 Å². The molecule has 0 unspecified atom stereocenters. The zero-order chi connectivity index (χ0) is 7.84. The van der Waals surface area contributed by atoms with Crippen molar-refractivity contribution in [1.82, 2.24) is 9.80 Å². The summed E-state index contributed by atoms with van der Waals surface area (Å²) in [6, 6.07) is 0.505. The summed E-state index contributed by atoms with van der Waals surface area (Å²) in [4.78, 5) is 15.0. The summed E-state index contributed by atoms with van der Waals surface area (Å²) in [5.41, 5.74) is 0. The molecule has 0 aromatic heterocycles. The maximum Gasteiger partial charge on any atom is 0.320 e. The molecule has 0 spiro atoms. The van der Waals surface area contributed by atoms with Gasteiger partial charge in [-0.15, -0.1) is 0 Å². The third-order valence-corrected chi connectivity index (χ3v) is 2.31. The van der Waals surface area contributed by atoms with E-state index in [1.165, 1.54) is 0 Å². The summed E-state index contributed by atoms with van der Waals surface area (Å²) in [6.45, 7) is 3.16. The Labute approximate surface area is 65.7 Å². The normalized spacial score (nSPS) is 26.1. The second kappa shape index (κ2) is 2.37. The van der Waals surface area contributed by atoms with Gasteiger partial charge in [0.15, 0.2) is 0 Å². The summed E-state index contributed by atoms with van der Waals surface area (Å²) in [5.74, 6) is 0. The van der Waals surface area contributed by atoms with Crippen LogP contribution in [0, 0.1) is 0 Å². The molecule has 62 valence electrons.